The van der Waals surface area contributed by atoms with Crippen molar-refractivity contribution in [3.05, 3.63) is 166 Å². The average Bonchev–Trinajstić information content (AvgIpc) is 3.42. The van der Waals surface area contributed by atoms with Gasteiger partial charge >= 0.3 is 0 Å². The van der Waals surface area contributed by atoms with Crippen LogP contribution in [0.5, 0.6) is 0 Å². The van der Waals surface area contributed by atoms with Crippen molar-refractivity contribution in [3.8, 4) is 11.1 Å². The first-order chi connectivity index (χ1) is 24.8. The lowest BCUT2D eigenvalue weighted by molar-refractivity contribution is -0.253. The highest BCUT2D eigenvalue weighted by atomic mass is 16.7. The van der Waals surface area contributed by atoms with Crippen LogP contribution >= 0.6 is 0 Å². The van der Waals surface area contributed by atoms with Crippen molar-refractivity contribution >= 4 is 11.8 Å². The number of benzene rings is 5. The monoisotopic (exact) mass is 682 g/mol. The molecule has 5 atom stereocenters. The average molecular weight is 683 g/mol. The fraction of sp³-hybridized carbons (Fsp3) is 0.256. The van der Waals surface area contributed by atoms with E-state index in [2.05, 4.69) is 4.90 Å². The van der Waals surface area contributed by atoms with Crippen LogP contribution in [-0.2, 0) is 22.6 Å². The number of carbonyl (C=O) groups excluding carboxylic acids is 2. The zero-order valence-electron chi connectivity index (χ0n) is 28.8. The van der Waals surface area contributed by atoms with Crippen LogP contribution in [0.15, 0.2) is 127 Å². The van der Waals surface area contributed by atoms with Gasteiger partial charge in [0.15, 0.2) is 6.29 Å². The largest absolute Gasteiger partial charge is 0.392 e. The molecule has 8 nitrogen and oxygen atoms in total. The van der Waals surface area contributed by atoms with Gasteiger partial charge in [-0.25, -0.2) is 0 Å². The van der Waals surface area contributed by atoms with E-state index in [0.717, 1.165) is 38.9 Å². The van der Waals surface area contributed by atoms with E-state index in [1.54, 1.807) is 24.3 Å². The van der Waals surface area contributed by atoms with Crippen LogP contribution in [0.1, 0.15) is 80.4 Å². The Balaban J connectivity index is 1.11. The van der Waals surface area contributed by atoms with Crippen molar-refractivity contribution in [3.63, 3.8) is 0 Å². The third-order valence-electron chi connectivity index (χ3n) is 10.1. The normalized spacial score (nSPS) is 20.0. The summed E-state index contributed by atoms with van der Waals surface area (Å²) in [5.41, 5.74) is 7.18. The molecular weight excluding hydrogens is 640 g/mol. The lowest BCUT2D eigenvalue weighted by Crippen LogP contribution is -2.43. The van der Waals surface area contributed by atoms with Gasteiger partial charge in [-0.2, -0.15) is 0 Å². The lowest BCUT2D eigenvalue weighted by Gasteiger charge is -2.39. The molecule has 8 heteroatoms. The summed E-state index contributed by atoms with van der Waals surface area (Å²) < 4.78 is 13.2. The highest BCUT2D eigenvalue weighted by Crippen LogP contribution is 2.39. The first kappa shape index (κ1) is 34.5. The molecule has 2 N–H and O–H groups in total. The summed E-state index contributed by atoms with van der Waals surface area (Å²) in [5.74, 6) is -0.561. The van der Waals surface area contributed by atoms with Crippen molar-refractivity contribution in [1.29, 1.82) is 0 Å². The summed E-state index contributed by atoms with van der Waals surface area (Å²) in [6, 6.07) is 40.1. The first-order valence-corrected chi connectivity index (χ1v) is 17.4. The van der Waals surface area contributed by atoms with Crippen LogP contribution < -0.4 is 0 Å². The maximum Gasteiger partial charge on any atom is 0.261 e. The Hall–Kier alpha value is -4.96. The quantitative estimate of drug-likeness (QED) is 0.142. The van der Waals surface area contributed by atoms with E-state index in [4.69, 9.17) is 9.47 Å². The molecule has 0 aliphatic carbocycles. The second-order valence-electron chi connectivity index (χ2n) is 13.4. The molecule has 0 saturated carbocycles. The van der Waals surface area contributed by atoms with Gasteiger partial charge in [-0.3, -0.25) is 19.4 Å². The van der Waals surface area contributed by atoms with Crippen LogP contribution in [0, 0.1) is 0 Å². The molecule has 7 rings (SSSR count). The van der Waals surface area contributed by atoms with Crippen molar-refractivity contribution in [1.82, 2.24) is 9.80 Å². The molecule has 2 aliphatic heterocycles. The smallest absolute Gasteiger partial charge is 0.261 e. The first-order valence-electron chi connectivity index (χ1n) is 17.4. The SMILES string of the molecule is C[C@@H]([C@H](O)c1ccccc1)N(C)C[C@H]1C[C@@H](c2ccc(CO)cc2)O[C@@H](c2ccc(-c3ccccc3CN3C(=O)c4ccccc4C3=O)cc2)O1. The number of imide groups is 1. The highest BCUT2D eigenvalue weighted by Gasteiger charge is 2.36. The number of carbonyl (C=O) groups is 2. The van der Waals surface area contributed by atoms with Gasteiger partial charge in [-0.1, -0.05) is 115 Å². The lowest BCUT2D eigenvalue weighted by atomic mass is 9.97. The van der Waals surface area contributed by atoms with Crippen LogP contribution in [0.4, 0.5) is 0 Å². The van der Waals surface area contributed by atoms with Gasteiger partial charge in [0.1, 0.15) is 0 Å². The fourth-order valence-corrected chi connectivity index (χ4v) is 7.00. The molecule has 5 aromatic carbocycles. The third kappa shape index (κ3) is 7.28. The van der Waals surface area contributed by atoms with Crippen molar-refractivity contribution in [2.24, 2.45) is 0 Å². The van der Waals surface area contributed by atoms with E-state index in [0.29, 0.717) is 24.1 Å². The van der Waals surface area contributed by atoms with E-state index in [-0.39, 0.29) is 43.2 Å². The molecule has 0 bridgehead atoms. The second-order valence-corrected chi connectivity index (χ2v) is 13.4. The van der Waals surface area contributed by atoms with Crippen LogP contribution in [0.25, 0.3) is 11.1 Å². The molecule has 0 unspecified atom stereocenters. The summed E-state index contributed by atoms with van der Waals surface area (Å²) in [7, 11) is 2.00. The molecule has 0 aromatic heterocycles. The molecule has 0 spiro atoms. The van der Waals surface area contributed by atoms with Gasteiger partial charge in [-0.15, -0.1) is 0 Å². The van der Waals surface area contributed by atoms with Gasteiger partial charge in [-0.05, 0) is 59.5 Å². The summed E-state index contributed by atoms with van der Waals surface area (Å²) >= 11 is 0. The summed E-state index contributed by atoms with van der Waals surface area (Å²) in [5, 5.41) is 20.7. The molecule has 260 valence electrons. The zero-order valence-corrected chi connectivity index (χ0v) is 28.8. The highest BCUT2D eigenvalue weighted by molar-refractivity contribution is 6.21. The van der Waals surface area contributed by atoms with Gasteiger partial charge in [0, 0.05) is 24.6 Å². The number of rotatable bonds is 11. The summed E-state index contributed by atoms with van der Waals surface area (Å²) in [6.45, 7) is 2.74. The minimum absolute atomic E-state index is 0.0274. The topological polar surface area (TPSA) is 99.5 Å². The maximum atomic E-state index is 13.1. The molecule has 1 saturated heterocycles. The number of nitrogens with zero attached hydrogens (tertiary/aromatic N) is 2. The number of ether oxygens (including phenoxy) is 2. The number of hydrogen-bond acceptors (Lipinski definition) is 7. The Kier molecular flexibility index (Phi) is 10.2. The summed E-state index contributed by atoms with van der Waals surface area (Å²) in [6.07, 6.45) is -1.11. The van der Waals surface area contributed by atoms with Crippen molar-refractivity contribution in [2.75, 3.05) is 13.6 Å². The van der Waals surface area contributed by atoms with Crippen LogP contribution in [-0.4, -0.2) is 57.6 Å². The Morgan fingerprint density at radius 3 is 1.98 bits per heavy atom. The zero-order chi connectivity index (χ0) is 35.5. The number of amides is 2. The van der Waals surface area contributed by atoms with Gasteiger partial charge in [0.05, 0.1) is 42.6 Å². The minimum atomic E-state index is -0.652. The van der Waals surface area contributed by atoms with Crippen LogP contribution in [0.2, 0.25) is 0 Å². The molecule has 5 aromatic rings. The van der Waals surface area contributed by atoms with E-state index >= 15 is 0 Å². The Morgan fingerprint density at radius 1 is 0.745 bits per heavy atom. The summed E-state index contributed by atoms with van der Waals surface area (Å²) in [4.78, 5) is 29.7. The Labute approximate surface area is 298 Å². The predicted octanol–water partition coefficient (Wildman–Crippen LogP) is 7.24. The van der Waals surface area contributed by atoms with Crippen molar-refractivity contribution < 1.29 is 29.3 Å². The Bertz CT molecular complexity index is 1950. The fourth-order valence-electron chi connectivity index (χ4n) is 7.00. The molecule has 51 heavy (non-hydrogen) atoms. The molecule has 0 radical (unpaired) electrons. The van der Waals surface area contributed by atoms with Gasteiger partial charge in [0.2, 0.25) is 0 Å². The number of likely N-dealkylation sites (N-methyl/N-ethyl adjacent to an activating group) is 1. The molecular formula is C43H42N2O6. The van der Waals surface area contributed by atoms with Gasteiger partial charge < -0.3 is 19.7 Å². The molecule has 1 fully saturated rings. The molecule has 2 aliphatic rings. The number of fused-ring (bicyclic) bond motifs is 1. The van der Waals surface area contributed by atoms with Crippen LogP contribution in [0.3, 0.4) is 0 Å². The molecule has 2 heterocycles. The van der Waals surface area contributed by atoms with E-state index in [9.17, 15) is 19.8 Å². The predicted molar refractivity (Wildman–Crippen MR) is 194 cm³/mol. The standard InChI is InChI=1S/C43H42N2O6/c1-28(40(47)32-10-4-3-5-11-32)44(2)26-35-24-39(31-18-16-29(27-46)17-19-31)51-43(50-35)33-22-20-30(21-23-33)36-13-7-6-12-34(36)25-45-41(48)37-14-8-9-15-38(37)42(45)49/h3-23,28,35,39-40,43,46-47H,24-27H2,1-2H3/t28-,35+,39-,40-,43-/m0/s1. The number of hydrogen-bond donors (Lipinski definition) is 2. The Morgan fingerprint density at radius 2 is 1.33 bits per heavy atom. The van der Waals surface area contributed by atoms with E-state index < -0.39 is 12.4 Å². The molecule has 2 amide bonds. The third-order valence-corrected chi connectivity index (χ3v) is 10.1. The maximum absolute atomic E-state index is 13.1. The van der Waals surface area contributed by atoms with E-state index in [1.807, 2.05) is 117 Å². The second kappa shape index (κ2) is 15.1. The van der Waals surface area contributed by atoms with Crippen molar-refractivity contribution in [2.45, 2.75) is 57.1 Å². The van der Waals surface area contributed by atoms with Gasteiger partial charge in [0.25, 0.3) is 11.8 Å². The minimum Gasteiger partial charge on any atom is -0.392 e. The van der Waals surface area contributed by atoms with E-state index in [1.165, 1.54) is 4.90 Å². The number of aliphatic hydroxyl groups is 2. The number of aliphatic hydroxyl groups excluding tert-OH is 2.